The van der Waals surface area contributed by atoms with Crippen LogP contribution in [0.2, 0.25) is 0 Å². The lowest BCUT2D eigenvalue weighted by Gasteiger charge is -2.31. The zero-order valence-corrected chi connectivity index (χ0v) is 16.1. The first kappa shape index (κ1) is 19.1. The van der Waals surface area contributed by atoms with Gasteiger partial charge in [-0.05, 0) is 48.7 Å². The van der Waals surface area contributed by atoms with E-state index in [9.17, 15) is 9.59 Å². The van der Waals surface area contributed by atoms with Gasteiger partial charge in [0.15, 0.2) is 0 Å². The molecule has 1 heterocycles. The zero-order chi connectivity index (χ0) is 19.4. The molecule has 1 aliphatic heterocycles. The third kappa shape index (κ3) is 4.74. The van der Waals surface area contributed by atoms with Gasteiger partial charge in [0.25, 0.3) is 11.8 Å². The summed E-state index contributed by atoms with van der Waals surface area (Å²) in [4.78, 5) is 27.0. The fraction of sp³-hybridized carbons (Fsp3) is 0.364. The van der Waals surface area contributed by atoms with Crippen molar-refractivity contribution < 1.29 is 14.3 Å². The van der Waals surface area contributed by atoms with Crippen molar-refractivity contribution in [3.05, 3.63) is 65.2 Å². The maximum Gasteiger partial charge on any atom is 0.255 e. The summed E-state index contributed by atoms with van der Waals surface area (Å²) < 4.78 is 5.49. The first-order chi connectivity index (χ1) is 12.9. The Morgan fingerprint density at radius 1 is 1.11 bits per heavy atom. The van der Waals surface area contributed by atoms with Gasteiger partial charge in [-0.2, -0.15) is 0 Å². The maximum atomic E-state index is 12.7. The topological polar surface area (TPSA) is 58.6 Å². The molecule has 5 nitrogen and oxygen atoms in total. The molecular formula is C22H26N2O3. The van der Waals surface area contributed by atoms with E-state index in [2.05, 4.69) is 19.2 Å². The second-order valence-electron chi connectivity index (χ2n) is 7.24. The molecule has 0 spiro atoms. The Labute approximate surface area is 160 Å². The SMILES string of the molecule is CC1CN(C(=O)c2cccc(NC(=O)c3ccc(C(C)C)cc3)c2)CCO1. The summed E-state index contributed by atoms with van der Waals surface area (Å²) in [5.74, 6) is 0.199. The number of nitrogens with one attached hydrogen (secondary N) is 1. The number of hydrogen-bond donors (Lipinski definition) is 1. The number of nitrogens with zero attached hydrogens (tertiary/aromatic N) is 1. The highest BCUT2D eigenvalue weighted by molar-refractivity contribution is 6.05. The number of benzene rings is 2. The minimum absolute atomic E-state index is 0.0393. The van der Waals surface area contributed by atoms with Crippen molar-refractivity contribution in [2.45, 2.75) is 32.8 Å². The number of carbonyl (C=O) groups excluding carboxylic acids is 2. The molecule has 2 aromatic rings. The predicted molar refractivity (Wildman–Crippen MR) is 106 cm³/mol. The average molecular weight is 366 g/mol. The number of anilines is 1. The van der Waals surface area contributed by atoms with E-state index in [4.69, 9.17) is 4.74 Å². The van der Waals surface area contributed by atoms with Crippen LogP contribution in [0.3, 0.4) is 0 Å². The Morgan fingerprint density at radius 3 is 2.52 bits per heavy atom. The minimum Gasteiger partial charge on any atom is -0.375 e. The van der Waals surface area contributed by atoms with Crippen molar-refractivity contribution >= 4 is 17.5 Å². The number of ether oxygens (including phenoxy) is 1. The second kappa shape index (κ2) is 8.35. The summed E-state index contributed by atoms with van der Waals surface area (Å²) in [5.41, 5.74) is 2.97. The quantitative estimate of drug-likeness (QED) is 0.892. The van der Waals surface area contributed by atoms with Crippen LogP contribution >= 0.6 is 0 Å². The Bertz CT molecular complexity index is 815. The highest BCUT2D eigenvalue weighted by Gasteiger charge is 2.22. The Kier molecular flexibility index (Phi) is 5.91. The monoisotopic (exact) mass is 366 g/mol. The van der Waals surface area contributed by atoms with Gasteiger partial charge >= 0.3 is 0 Å². The number of carbonyl (C=O) groups is 2. The Balaban J connectivity index is 1.69. The normalized spacial score (nSPS) is 17.0. The molecule has 1 fully saturated rings. The van der Waals surface area contributed by atoms with Gasteiger partial charge in [0.2, 0.25) is 0 Å². The van der Waals surface area contributed by atoms with Gasteiger partial charge in [-0.1, -0.05) is 32.0 Å². The lowest BCUT2D eigenvalue weighted by Crippen LogP contribution is -2.44. The van der Waals surface area contributed by atoms with Gasteiger partial charge in [-0.15, -0.1) is 0 Å². The van der Waals surface area contributed by atoms with Crippen LogP contribution in [0.5, 0.6) is 0 Å². The van der Waals surface area contributed by atoms with Crippen LogP contribution in [-0.2, 0) is 4.74 Å². The lowest BCUT2D eigenvalue weighted by atomic mass is 10.0. The third-order valence-electron chi connectivity index (χ3n) is 4.74. The van der Waals surface area contributed by atoms with Crippen molar-refractivity contribution in [3.8, 4) is 0 Å². The van der Waals surface area contributed by atoms with E-state index in [1.54, 1.807) is 29.2 Å². The van der Waals surface area contributed by atoms with Crippen LogP contribution < -0.4 is 5.32 Å². The molecule has 2 aromatic carbocycles. The Morgan fingerprint density at radius 2 is 1.85 bits per heavy atom. The first-order valence-corrected chi connectivity index (χ1v) is 9.36. The average Bonchev–Trinajstić information content (AvgIpc) is 2.67. The third-order valence-corrected chi connectivity index (χ3v) is 4.74. The molecule has 0 aromatic heterocycles. The molecule has 1 atom stereocenters. The zero-order valence-electron chi connectivity index (χ0n) is 16.1. The molecule has 1 saturated heterocycles. The minimum atomic E-state index is -0.185. The van der Waals surface area contributed by atoms with Crippen molar-refractivity contribution in [3.63, 3.8) is 0 Å². The standard InChI is InChI=1S/C22H26N2O3/c1-15(2)17-7-9-18(10-8-17)21(25)23-20-6-4-5-19(13-20)22(26)24-11-12-27-16(3)14-24/h4-10,13,15-16H,11-12,14H2,1-3H3,(H,23,25). The summed E-state index contributed by atoms with van der Waals surface area (Å²) in [7, 11) is 0. The summed E-state index contributed by atoms with van der Waals surface area (Å²) in [5, 5.41) is 2.88. The van der Waals surface area contributed by atoms with E-state index in [1.807, 2.05) is 31.2 Å². The van der Waals surface area contributed by atoms with Crippen LogP contribution in [0, 0.1) is 0 Å². The molecule has 0 aliphatic carbocycles. The van der Waals surface area contributed by atoms with E-state index >= 15 is 0 Å². The number of amides is 2. The number of rotatable bonds is 4. The van der Waals surface area contributed by atoms with Crippen LogP contribution in [0.15, 0.2) is 48.5 Å². The predicted octanol–water partition coefficient (Wildman–Crippen LogP) is 3.92. The van der Waals surface area contributed by atoms with Crippen LogP contribution in [0.1, 0.15) is 53.0 Å². The van der Waals surface area contributed by atoms with Crippen molar-refractivity contribution in [2.75, 3.05) is 25.0 Å². The number of morpholine rings is 1. The van der Waals surface area contributed by atoms with Gasteiger partial charge < -0.3 is 15.0 Å². The second-order valence-corrected chi connectivity index (χ2v) is 7.24. The van der Waals surface area contributed by atoms with E-state index < -0.39 is 0 Å². The first-order valence-electron chi connectivity index (χ1n) is 9.36. The van der Waals surface area contributed by atoms with E-state index in [0.29, 0.717) is 42.4 Å². The molecule has 142 valence electrons. The molecule has 1 N–H and O–H groups in total. The van der Waals surface area contributed by atoms with Crippen LogP contribution in [0.4, 0.5) is 5.69 Å². The summed E-state index contributed by atoms with van der Waals surface area (Å²) in [6.45, 7) is 7.91. The van der Waals surface area contributed by atoms with Gasteiger partial charge in [-0.3, -0.25) is 9.59 Å². The van der Waals surface area contributed by atoms with Gasteiger partial charge in [0, 0.05) is 29.9 Å². The smallest absolute Gasteiger partial charge is 0.255 e. The van der Waals surface area contributed by atoms with Gasteiger partial charge in [0.05, 0.1) is 12.7 Å². The van der Waals surface area contributed by atoms with Crippen LogP contribution in [0.25, 0.3) is 0 Å². The van der Waals surface area contributed by atoms with Crippen LogP contribution in [-0.4, -0.2) is 42.5 Å². The summed E-state index contributed by atoms with van der Waals surface area (Å²) in [6.07, 6.45) is 0.0411. The van der Waals surface area contributed by atoms with Crippen molar-refractivity contribution in [1.82, 2.24) is 4.90 Å². The summed E-state index contributed by atoms with van der Waals surface area (Å²) >= 11 is 0. The highest BCUT2D eigenvalue weighted by Crippen LogP contribution is 2.18. The van der Waals surface area contributed by atoms with Gasteiger partial charge in [0.1, 0.15) is 0 Å². The molecule has 3 rings (SSSR count). The van der Waals surface area contributed by atoms with Crippen molar-refractivity contribution in [2.24, 2.45) is 0 Å². The maximum absolute atomic E-state index is 12.7. The molecule has 1 unspecified atom stereocenters. The molecule has 0 saturated carbocycles. The molecule has 5 heteroatoms. The number of hydrogen-bond acceptors (Lipinski definition) is 3. The van der Waals surface area contributed by atoms with Crippen molar-refractivity contribution in [1.29, 1.82) is 0 Å². The fourth-order valence-corrected chi connectivity index (χ4v) is 3.14. The molecule has 0 bridgehead atoms. The molecule has 1 aliphatic rings. The summed E-state index contributed by atoms with van der Waals surface area (Å²) in [6, 6.07) is 14.7. The molecule has 0 radical (unpaired) electrons. The van der Waals surface area contributed by atoms with E-state index in [0.717, 1.165) is 0 Å². The Hall–Kier alpha value is -2.66. The van der Waals surface area contributed by atoms with E-state index in [1.165, 1.54) is 5.56 Å². The molecule has 2 amide bonds. The lowest BCUT2D eigenvalue weighted by molar-refractivity contribution is -0.0124. The molecule has 27 heavy (non-hydrogen) atoms. The van der Waals surface area contributed by atoms with Gasteiger partial charge in [-0.25, -0.2) is 0 Å². The van der Waals surface area contributed by atoms with E-state index in [-0.39, 0.29) is 17.9 Å². The molecular weight excluding hydrogens is 340 g/mol. The fourth-order valence-electron chi connectivity index (χ4n) is 3.14. The highest BCUT2D eigenvalue weighted by atomic mass is 16.5. The largest absolute Gasteiger partial charge is 0.375 e.